The fourth-order valence-electron chi connectivity index (χ4n) is 2.24. The summed E-state index contributed by atoms with van der Waals surface area (Å²) in [4.78, 5) is 11.0. The molecule has 9 nitrogen and oxygen atoms in total. The van der Waals surface area contributed by atoms with E-state index in [1.54, 1.807) is 0 Å². The number of ether oxygens (including phenoxy) is 1. The van der Waals surface area contributed by atoms with E-state index in [0.717, 1.165) is 10.9 Å². The van der Waals surface area contributed by atoms with Gasteiger partial charge in [0.25, 0.3) is 0 Å². The first-order chi connectivity index (χ1) is 9.54. The molecule has 0 bridgehead atoms. The molecule has 5 N–H and O–H groups in total. The zero-order valence-electron chi connectivity index (χ0n) is 10.1. The summed E-state index contributed by atoms with van der Waals surface area (Å²) in [6.45, 7) is -0.482. The highest BCUT2D eigenvalue weighted by molar-refractivity contribution is 5.73. The number of nitrogens with zero attached hydrogens (tertiary/aromatic N) is 4. The van der Waals surface area contributed by atoms with Crippen LogP contribution in [0.3, 0.4) is 0 Å². The second-order valence-corrected chi connectivity index (χ2v) is 4.41. The van der Waals surface area contributed by atoms with Gasteiger partial charge in [0.1, 0.15) is 24.6 Å². The Hall–Kier alpha value is -1.88. The van der Waals surface area contributed by atoms with Crippen molar-refractivity contribution < 1.29 is 24.4 Å². The average Bonchev–Trinajstić information content (AvgIpc) is 2.90. The van der Waals surface area contributed by atoms with Crippen LogP contribution in [-0.2, 0) is 4.74 Å². The van der Waals surface area contributed by atoms with Crippen LogP contribution in [0.25, 0.3) is 11.2 Å². The summed E-state index contributed by atoms with van der Waals surface area (Å²) >= 11 is 0. The first kappa shape index (κ1) is 13.1. The number of aliphatic hydroxyl groups excluding tert-OH is 3. The normalized spacial score (nSPS) is 30.2. The van der Waals surface area contributed by atoms with Gasteiger partial charge in [0.05, 0.1) is 6.61 Å². The first-order valence-electron chi connectivity index (χ1n) is 5.81. The molecule has 0 amide bonds. The number of nitrogen functional groups attached to an aromatic ring is 1. The minimum absolute atomic E-state index is 0.0323. The maximum atomic E-state index is 13.5. The van der Waals surface area contributed by atoms with Crippen molar-refractivity contribution in [3.8, 4) is 0 Å². The quantitative estimate of drug-likeness (QED) is 0.472. The third-order valence-electron chi connectivity index (χ3n) is 3.23. The highest BCUT2D eigenvalue weighted by atomic mass is 19.1. The Morgan fingerprint density at radius 2 is 2.10 bits per heavy atom. The van der Waals surface area contributed by atoms with E-state index in [-0.39, 0.29) is 17.1 Å². The summed E-state index contributed by atoms with van der Waals surface area (Å²) in [5.74, 6) is -0.999. The van der Waals surface area contributed by atoms with Crippen LogP contribution in [0.2, 0.25) is 0 Å². The number of halogens is 1. The Labute approximate surface area is 111 Å². The van der Waals surface area contributed by atoms with E-state index in [2.05, 4.69) is 15.0 Å². The molecule has 0 spiro atoms. The Kier molecular flexibility index (Phi) is 3.01. The average molecular weight is 285 g/mol. The number of aliphatic hydroxyl groups is 3. The van der Waals surface area contributed by atoms with E-state index in [1.807, 2.05) is 0 Å². The SMILES string of the molecule is Nc1nc2c(F)ncnc2n1[C@@H]1O[C@H](CO)[C@@H](O)[C@H]1O. The smallest absolute Gasteiger partial charge is 0.244 e. The second-order valence-electron chi connectivity index (χ2n) is 4.41. The van der Waals surface area contributed by atoms with Gasteiger partial charge in [0.15, 0.2) is 17.4 Å². The molecule has 4 atom stereocenters. The largest absolute Gasteiger partial charge is 0.394 e. The molecule has 10 heteroatoms. The zero-order chi connectivity index (χ0) is 14.4. The summed E-state index contributed by atoms with van der Waals surface area (Å²) in [5, 5.41) is 28.7. The minimum Gasteiger partial charge on any atom is -0.394 e. The molecule has 1 saturated heterocycles. The zero-order valence-corrected chi connectivity index (χ0v) is 10.1. The van der Waals surface area contributed by atoms with Crippen molar-refractivity contribution in [1.29, 1.82) is 0 Å². The van der Waals surface area contributed by atoms with E-state index in [4.69, 9.17) is 15.6 Å². The van der Waals surface area contributed by atoms with Crippen LogP contribution in [0.15, 0.2) is 6.33 Å². The van der Waals surface area contributed by atoms with Gasteiger partial charge in [-0.3, -0.25) is 4.57 Å². The van der Waals surface area contributed by atoms with E-state index in [9.17, 15) is 14.6 Å². The van der Waals surface area contributed by atoms with Crippen LogP contribution < -0.4 is 5.73 Å². The molecule has 0 radical (unpaired) electrons. The lowest BCUT2D eigenvalue weighted by Gasteiger charge is -2.17. The van der Waals surface area contributed by atoms with Gasteiger partial charge in [0, 0.05) is 0 Å². The number of hydrogen-bond donors (Lipinski definition) is 4. The highest BCUT2D eigenvalue weighted by Gasteiger charge is 2.44. The fourth-order valence-corrected chi connectivity index (χ4v) is 2.24. The van der Waals surface area contributed by atoms with Crippen molar-refractivity contribution in [3.63, 3.8) is 0 Å². The topological polar surface area (TPSA) is 140 Å². The van der Waals surface area contributed by atoms with Gasteiger partial charge < -0.3 is 25.8 Å². The number of anilines is 1. The van der Waals surface area contributed by atoms with Crippen molar-refractivity contribution in [2.45, 2.75) is 24.5 Å². The Balaban J connectivity index is 2.11. The van der Waals surface area contributed by atoms with Gasteiger partial charge >= 0.3 is 0 Å². The van der Waals surface area contributed by atoms with E-state index >= 15 is 0 Å². The van der Waals surface area contributed by atoms with Gasteiger partial charge in [-0.25, -0.2) is 15.0 Å². The predicted octanol–water partition coefficient (Wildman–Crippen LogP) is -1.84. The van der Waals surface area contributed by atoms with Crippen molar-refractivity contribution >= 4 is 17.1 Å². The number of nitrogens with two attached hydrogens (primary N) is 1. The molecule has 0 unspecified atom stereocenters. The van der Waals surface area contributed by atoms with Crippen LogP contribution in [-0.4, -0.2) is 59.8 Å². The molecule has 0 aromatic carbocycles. The lowest BCUT2D eigenvalue weighted by Crippen LogP contribution is -2.33. The molecule has 0 aliphatic carbocycles. The molecule has 3 rings (SSSR count). The molecular weight excluding hydrogens is 273 g/mol. The molecule has 0 saturated carbocycles. The molecule has 108 valence electrons. The Bertz CT molecular complexity index is 650. The molecule has 1 fully saturated rings. The fraction of sp³-hybridized carbons (Fsp3) is 0.500. The van der Waals surface area contributed by atoms with Gasteiger partial charge in [-0.2, -0.15) is 4.39 Å². The predicted molar refractivity (Wildman–Crippen MR) is 62.7 cm³/mol. The van der Waals surface area contributed by atoms with Crippen molar-refractivity contribution in [2.24, 2.45) is 0 Å². The summed E-state index contributed by atoms with van der Waals surface area (Å²) in [6, 6.07) is 0. The van der Waals surface area contributed by atoms with Crippen LogP contribution >= 0.6 is 0 Å². The molecule has 20 heavy (non-hydrogen) atoms. The Morgan fingerprint density at radius 3 is 2.75 bits per heavy atom. The summed E-state index contributed by atoms with van der Waals surface area (Å²) in [7, 11) is 0. The molecule has 1 aliphatic heterocycles. The number of imidazole rings is 1. The van der Waals surface area contributed by atoms with Crippen LogP contribution in [0.1, 0.15) is 6.23 Å². The molecule has 3 heterocycles. The molecular formula is C10H12FN5O4. The number of aromatic nitrogens is 4. The van der Waals surface area contributed by atoms with Crippen LogP contribution in [0.4, 0.5) is 10.3 Å². The van der Waals surface area contributed by atoms with Gasteiger partial charge in [-0.15, -0.1) is 0 Å². The highest BCUT2D eigenvalue weighted by Crippen LogP contribution is 2.33. The van der Waals surface area contributed by atoms with Crippen molar-refractivity contribution in [3.05, 3.63) is 12.3 Å². The van der Waals surface area contributed by atoms with E-state index in [1.165, 1.54) is 0 Å². The second kappa shape index (κ2) is 4.59. The summed E-state index contributed by atoms with van der Waals surface area (Å²) in [5.41, 5.74) is 5.55. The molecule has 2 aromatic heterocycles. The maximum Gasteiger partial charge on any atom is 0.244 e. The van der Waals surface area contributed by atoms with Gasteiger partial charge in [0.2, 0.25) is 11.9 Å². The van der Waals surface area contributed by atoms with Gasteiger partial charge in [-0.05, 0) is 0 Å². The lowest BCUT2D eigenvalue weighted by atomic mass is 10.1. The maximum absolute atomic E-state index is 13.5. The lowest BCUT2D eigenvalue weighted by molar-refractivity contribution is -0.0500. The van der Waals surface area contributed by atoms with Gasteiger partial charge in [-0.1, -0.05) is 0 Å². The summed E-state index contributed by atoms with van der Waals surface area (Å²) < 4.78 is 20.0. The monoisotopic (exact) mass is 285 g/mol. The number of rotatable bonds is 2. The third-order valence-corrected chi connectivity index (χ3v) is 3.23. The van der Waals surface area contributed by atoms with E-state index in [0.29, 0.717) is 0 Å². The van der Waals surface area contributed by atoms with Crippen molar-refractivity contribution in [1.82, 2.24) is 19.5 Å². The van der Waals surface area contributed by atoms with Crippen LogP contribution in [0.5, 0.6) is 0 Å². The minimum atomic E-state index is -1.36. The standard InChI is InChI=1S/C10H12FN5O4/c11-7-4-8(14-2-13-7)16(10(12)15-4)9-6(19)5(18)3(1-17)20-9/h2-3,5-6,9,17-19H,1H2,(H2,12,15)/t3-,5-,6-,9-/m1/s1. The Morgan fingerprint density at radius 1 is 1.35 bits per heavy atom. The summed E-state index contributed by atoms with van der Waals surface area (Å²) in [6.07, 6.45) is -3.77. The third kappa shape index (κ3) is 1.73. The number of hydrogen-bond acceptors (Lipinski definition) is 8. The van der Waals surface area contributed by atoms with Crippen LogP contribution in [0, 0.1) is 5.95 Å². The van der Waals surface area contributed by atoms with Crippen molar-refractivity contribution in [2.75, 3.05) is 12.3 Å². The molecule has 1 aliphatic rings. The first-order valence-corrected chi connectivity index (χ1v) is 5.81. The molecule has 2 aromatic rings. The van der Waals surface area contributed by atoms with E-state index < -0.39 is 37.1 Å². The number of fused-ring (bicyclic) bond motifs is 1.